The molecule has 0 aromatic heterocycles. The van der Waals surface area contributed by atoms with Crippen molar-refractivity contribution in [1.29, 1.82) is 0 Å². The van der Waals surface area contributed by atoms with Crippen LogP contribution < -0.4 is 4.74 Å². The number of nitrogens with zero attached hydrogens (tertiary/aromatic N) is 2. The monoisotopic (exact) mass is 456 g/mol. The number of benzene rings is 2. The van der Waals surface area contributed by atoms with E-state index in [4.69, 9.17) is 4.74 Å². The summed E-state index contributed by atoms with van der Waals surface area (Å²) >= 11 is 0. The van der Waals surface area contributed by atoms with Gasteiger partial charge in [0.05, 0.1) is 11.4 Å². The molecular weight excluding hydrogens is 424 g/mol. The van der Waals surface area contributed by atoms with Crippen molar-refractivity contribution in [2.45, 2.75) is 43.9 Å². The van der Waals surface area contributed by atoms with Crippen molar-refractivity contribution in [1.82, 2.24) is 9.21 Å². The van der Waals surface area contributed by atoms with E-state index in [1.165, 1.54) is 15.4 Å². The first-order valence-electron chi connectivity index (χ1n) is 11.4. The smallest absolute Gasteiger partial charge is 0.243 e. The second-order valence-corrected chi connectivity index (χ2v) is 10.8. The van der Waals surface area contributed by atoms with Gasteiger partial charge in [-0.1, -0.05) is 23.8 Å². The molecule has 32 heavy (non-hydrogen) atoms. The molecule has 0 bridgehead atoms. The van der Waals surface area contributed by atoms with Gasteiger partial charge in [0, 0.05) is 26.1 Å². The lowest BCUT2D eigenvalue weighted by Crippen LogP contribution is -2.44. The van der Waals surface area contributed by atoms with Crippen LogP contribution in [-0.2, 0) is 27.7 Å². The van der Waals surface area contributed by atoms with Crippen molar-refractivity contribution in [3.63, 3.8) is 0 Å². The summed E-state index contributed by atoms with van der Waals surface area (Å²) in [6.45, 7) is 3.71. The fourth-order valence-electron chi connectivity index (χ4n) is 4.56. The minimum atomic E-state index is -3.51. The molecule has 0 N–H and O–H groups in total. The molecule has 0 spiro atoms. The van der Waals surface area contributed by atoms with Crippen LogP contribution >= 0.6 is 0 Å². The number of aryl methyl sites for hydroxylation is 3. The Hall–Kier alpha value is -2.38. The summed E-state index contributed by atoms with van der Waals surface area (Å²) in [4.78, 5) is 14.9. The minimum Gasteiger partial charge on any atom is -0.492 e. The van der Waals surface area contributed by atoms with Crippen molar-refractivity contribution in [2.75, 3.05) is 33.3 Å². The number of carbonyl (C=O) groups is 1. The SMILES string of the molecule is Cc1ccc(OCCN(C)C(=O)C2CCN(S(=O)(=O)c3ccc4c(c3)CCC4)CC2)cc1. The summed E-state index contributed by atoms with van der Waals surface area (Å²) in [5, 5.41) is 0. The van der Waals surface area contributed by atoms with Gasteiger partial charge in [0.25, 0.3) is 0 Å². The van der Waals surface area contributed by atoms with Crippen LogP contribution in [0.3, 0.4) is 0 Å². The van der Waals surface area contributed by atoms with Gasteiger partial charge in [-0.25, -0.2) is 8.42 Å². The Morgan fingerprint density at radius 2 is 1.75 bits per heavy atom. The molecule has 2 aromatic carbocycles. The van der Waals surface area contributed by atoms with Crippen LogP contribution in [0.2, 0.25) is 0 Å². The molecule has 172 valence electrons. The zero-order chi connectivity index (χ0) is 22.7. The van der Waals surface area contributed by atoms with Gasteiger partial charge in [-0.15, -0.1) is 0 Å². The van der Waals surface area contributed by atoms with Crippen molar-refractivity contribution in [2.24, 2.45) is 5.92 Å². The summed E-state index contributed by atoms with van der Waals surface area (Å²) in [6.07, 6.45) is 4.18. The number of sulfonamides is 1. The number of likely N-dealkylation sites (N-methyl/N-ethyl adjacent to an activating group) is 1. The minimum absolute atomic E-state index is 0.0621. The molecule has 1 heterocycles. The van der Waals surface area contributed by atoms with Gasteiger partial charge in [-0.2, -0.15) is 4.31 Å². The van der Waals surface area contributed by atoms with Crippen molar-refractivity contribution in [3.8, 4) is 5.75 Å². The molecule has 0 unspecified atom stereocenters. The number of fused-ring (bicyclic) bond motifs is 1. The Morgan fingerprint density at radius 3 is 2.47 bits per heavy atom. The predicted molar refractivity (Wildman–Crippen MR) is 124 cm³/mol. The zero-order valence-corrected chi connectivity index (χ0v) is 19.7. The molecular formula is C25H32N2O4S. The quantitative estimate of drug-likeness (QED) is 0.640. The molecule has 1 saturated heterocycles. The molecule has 1 aliphatic carbocycles. The molecule has 4 rings (SSSR count). The first kappa shape index (κ1) is 22.8. The van der Waals surface area contributed by atoms with Gasteiger partial charge in [-0.05, 0) is 74.4 Å². The van der Waals surface area contributed by atoms with Crippen LogP contribution in [0, 0.1) is 12.8 Å². The Balaban J connectivity index is 1.27. The van der Waals surface area contributed by atoms with Gasteiger partial charge < -0.3 is 9.64 Å². The standard InChI is InChI=1S/C25H32N2O4S/c1-19-6-9-23(10-7-19)31-17-16-26(2)25(28)21-12-14-27(15-13-21)32(29,30)24-11-8-20-4-3-5-22(20)18-24/h6-11,18,21H,3-5,12-17H2,1-2H3. The maximum atomic E-state index is 13.1. The summed E-state index contributed by atoms with van der Waals surface area (Å²) in [6, 6.07) is 13.4. The largest absolute Gasteiger partial charge is 0.492 e. The third-order valence-corrected chi connectivity index (χ3v) is 8.50. The zero-order valence-electron chi connectivity index (χ0n) is 18.9. The lowest BCUT2D eigenvalue weighted by Gasteiger charge is -2.32. The third kappa shape index (κ3) is 4.99. The highest BCUT2D eigenvalue weighted by Crippen LogP contribution is 2.29. The average molecular weight is 457 g/mol. The van der Waals surface area contributed by atoms with Crippen LogP contribution in [0.25, 0.3) is 0 Å². The highest BCUT2D eigenvalue weighted by molar-refractivity contribution is 7.89. The molecule has 1 fully saturated rings. The van der Waals surface area contributed by atoms with Gasteiger partial charge >= 0.3 is 0 Å². The highest BCUT2D eigenvalue weighted by Gasteiger charge is 2.33. The number of rotatable bonds is 7. The van der Waals surface area contributed by atoms with Gasteiger partial charge in [0.1, 0.15) is 12.4 Å². The molecule has 0 radical (unpaired) electrons. The lowest BCUT2D eigenvalue weighted by molar-refractivity contribution is -0.135. The fourth-order valence-corrected chi connectivity index (χ4v) is 6.08. The Bertz CT molecular complexity index is 1060. The average Bonchev–Trinajstić information content (AvgIpc) is 3.28. The number of carbonyl (C=O) groups excluding carboxylic acids is 1. The van der Waals surface area contributed by atoms with Crippen LogP contribution in [0.4, 0.5) is 0 Å². The fraction of sp³-hybridized carbons (Fsp3) is 0.480. The Labute approximate surface area is 191 Å². The number of piperidine rings is 1. The van der Waals surface area contributed by atoms with Crippen molar-refractivity contribution < 1.29 is 17.9 Å². The van der Waals surface area contributed by atoms with E-state index in [2.05, 4.69) is 0 Å². The van der Waals surface area contributed by atoms with Crippen LogP contribution in [0.5, 0.6) is 5.75 Å². The van der Waals surface area contributed by atoms with E-state index in [0.717, 1.165) is 30.6 Å². The first-order chi connectivity index (χ1) is 15.3. The van der Waals surface area contributed by atoms with E-state index in [0.29, 0.717) is 44.0 Å². The molecule has 1 aliphatic heterocycles. The number of ether oxygens (including phenoxy) is 1. The van der Waals surface area contributed by atoms with Crippen LogP contribution in [0.15, 0.2) is 47.4 Å². The second kappa shape index (κ2) is 9.63. The number of hydrogen-bond acceptors (Lipinski definition) is 4. The summed E-state index contributed by atoms with van der Waals surface area (Å²) in [5.41, 5.74) is 3.60. The molecule has 2 aromatic rings. The topological polar surface area (TPSA) is 66.9 Å². The molecule has 0 atom stereocenters. The maximum Gasteiger partial charge on any atom is 0.243 e. The molecule has 0 saturated carbocycles. The van der Waals surface area contributed by atoms with Crippen molar-refractivity contribution >= 4 is 15.9 Å². The second-order valence-electron chi connectivity index (χ2n) is 8.88. The van der Waals surface area contributed by atoms with Crippen molar-refractivity contribution in [3.05, 3.63) is 59.2 Å². The number of hydrogen-bond donors (Lipinski definition) is 0. The maximum absolute atomic E-state index is 13.1. The summed E-state index contributed by atoms with van der Waals surface area (Å²) < 4.78 is 33.5. The van der Waals surface area contributed by atoms with E-state index in [1.807, 2.05) is 43.3 Å². The highest BCUT2D eigenvalue weighted by atomic mass is 32.2. The molecule has 7 heteroatoms. The Kier molecular flexibility index (Phi) is 6.86. The molecule has 1 amide bonds. The normalized spacial score (nSPS) is 17.2. The Morgan fingerprint density at radius 1 is 1.06 bits per heavy atom. The van der Waals surface area contributed by atoms with Gasteiger partial charge in [0.15, 0.2) is 0 Å². The van der Waals surface area contributed by atoms with E-state index in [1.54, 1.807) is 18.0 Å². The lowest BCUT2D eigenvalue weighted by atomic mass is 9.97. The van der Waals surface area contributed by atoms with Crippen LogP contribution in [-0.4, -0.2) is 56.8 Å². The summed E-state index contributed by atoms with van der Waals surface area (Å²) in [7, 11) is -1.73. The predicted octanol–water partition coefficient (Wildman–Crippen LogP) is 3.42. The van der Waals surface area contributed by atoms with E-state index >= 15 is 0 Å². The molecule has 2 aliphatic rings. The first-order valence-corrected chi connectivity index (χ1v) is 12.8. The van der Waals surface area contributed by atoms with Gasteiger partial charge in [-0.3, -0.25) is 4.79 Å². The summed E-state index contributed by atoms with van der Waals surface area (Å²) in [5.74, 6) is 0.708. The van der Waals surface area contributed by atoms with E-state index in [-0.39, 0.29) is 11.8 Å². The number of amides is 1. The van der Waals surface area contributed by atoms with Crippen LogP contribution in [0.1, 0.15) is 36.0 Å². The molecule has 6 nitrogen and oxygen atoms in total. The third-order valence-electron chi connectivity index (χ3n) is 6.60. The van der Waals surface area contributed by atoms with E-state index in [9.17, 15) is 13.2 Å². The van der Waals surface area contributed by atoms with Gasteiger partial charge in [0.2, 0.25) is 15.9 Å². The van der Waals surface area contributed by atoms with E-state index < -0.39 is 10.0 Å².